The molecule has 0 aliphatic heterocycles. The molecule has 1 nitrogen and oxygen atoms in total. The van der Waals surface area contributed by atoms with Gasteiger partial charge in [-0.1, -0.05) is 47.0 Å². The molecule has 0 spiro atoms. The molecule has 1 rings (SSSR count). The van der Waals surface area contributed by atoms with Gasteiger partial charge in [0.2, 0.25) is 0 Å². The second-order valence-corrected chi connectivity index (χ2v) is 5.11. The lowest BCUT2D eigenvalue weighted by molar-refractivity contribution is -0.107. The van der Waals surface area contributed by atoms with Gasteiger partial charge in [0.25, 0.3) is 0 Å². The summed E-state index contributed by atoms with van der Waals surface area (Å²) in [5.41, 5.74) is 0.652. The van der Waals surface area contributed by atoms with Crippen LogP contribution in [0.15, 0.2) is 0 Å². The van der Waals surface area contributed by atoms with Crippen molar-refractivity contribution in [1.29, 1.82) is 0 Å². The van der Waals surface area contributed by atoms with Crippen LogP contribution in [-0.2, 0) is 4.79 Å². The molecular weight excluding hydrogens is 172 g/mol. The van der Waals surface area contributed by atoms with Gasteiger partial charge in [0, 0.05) is 6.42 Å². The maximum absolute atomic E-state index is 9.17. The molecule has 1 atom stereocenters. The van der Waals surface area contributed by atoms with Crippen LogP contribution in [0.25, 0.3) is 0 Å². The zero-order valence-corrected chi connectivity index (χ0v) is 10.3. The molecule has 1 heteroatoms. The maximum atomic E-state index is 9.17. The third kappa shape index (κ3) is 6.17. The SMILES string of the molecule is CCC1CCCC(C)(C)C1.CCC=O. The highest BCUT2D eigenvalue weighted by atomic mass is 16.1. The normalized spacial score (nSPS) is 24.7. The number of aldehydes is 1. The minimum Gasteiger partial charge on any atom is -0.303 e. The second kappa shape index (κ2) is 7.03. The fourth-order valence-electron chi connectivity index (χ4n) is 2.20. The van der Waals surface area contributed by atoms with Gasteiger partial charge >= 0.3 is 0 Å². The molecule has 14 heavy (non-hydrogen) atoms. The molecule has 1 fully saturated rings. The average Bonchev–Trinajstić information content (AvgIpc) is 2.16. The van der Waals surface area contributed by atoms with E-state index >= 15 is 0 Å². The highest BCUT2D eigenvalue weighted by Gasteiger charge is 2.26. The van der Waals surface area contributed by atoms with E-state index in [1.165, 1.54) is 32.1 Å². The Morgan fingerprint density at radius 2 is 1.93 bits per heavy atom. The summed E-state index contributed by atoms with van der Waals surface area (Å²) in [5.74, 6) is 1.03. The molecule has 0 aromatic carbocycles. The molecular formula is C13H26O. The molecule has 1 saturated carbocycles. The summed E-state index contributed by atoms with van der Waals surface area (Å²) in [6, 6.07) is 0. The smallest absolute Gasteiger partial charge is 0.119 e. The molecule has 1 aliphatic rings. The summed E-state index contributed by atoms with van der Waals surface area (Å²) < 4.78 is 0. The Bertz CT molecular complexity index is 149. The molecule has 1 aliphatic carbocycles. The van der Waals surface area contributed by atoms with Crippen molar-refractivity contribution in [3.63, 3.8) is 0 Å². The van der Waals surface area contributed by atoms with Crippen LogP contribution in [0.4, 0.5) is 0 Å². The Hall–Kier alpha value is -0.330. The molecule has 0 aromatic heterocycles. The van der Waals surface area contributed by atoms with Crippen LogP contribution in [0.3, 0.4) is 0 Å². The highest BCUT2D eigenvalue weighted by Crippen LogP contribution is 2.39. The van der Waals surface area contributed by atoms with Gasteiger partial charge in [-0.25, -0.2) is 0 Å². The van der Waals surface area contributed by atoms with Crippen molar-refractivity contribution in [3.8, 4) is 0 Å². The lowest BCUT2D eigenvalue weighted by atomic mass is 9.71. The molecule has 0 N–H and O–H groups in total. The number of hydrogen-bond acceptors (Lipinski definition) is 1. The van der Waals surface area contributed by atoms with E-state index < -0.39 is 0 Å². The summed E-state index contributed by atoms with van der Waals surface area (Å²) >= 11 is 0. The Morgan fingerprint density at radius 3 is 2.21 bits per heavy atom. The van der Waals surface area contributed by atoms with Gasteiger partial charge < -0.3 is 4.79 Å². The third-order valence-electron chi connectivity index (χ3n) is 3.05. The molecule has 0 saturated heterocycles. The first-order valence-electron chi connectivity index (χ1n) is 5.99. The van der Waals surface area contributed by atoms with E-state index in [1.54, 1.807) is 0 Å². The van der Waals surface area contributed by atoms with Gasteiger partial charge in [0.05, 0.1) is 0 Å². The summed E-state index contributed by atoms with van der Waals surface area (Å²) in [4.78, 5) is 9.17. The average molecular weight is 198 g/mol. The first-order chi connectivity index (χ1) is 6.55. The van der Waals surface area contributed by atoms with Gasteiger partial charge in [0.15, 0.2) is 0 Å². The summed E-state index contributed by atoms with van der Waals surface area (Å²) in [7, 11) is 0. The first kappa shape index (κ1) is 13.7. The minimum atomic E-state index is 0.639. The summed E-state index contributed by atoms with van der Waals surface area (Å²) in [6.45, 7) is 8.96. The minimum absolute atomic E-state index is 0.639. The first-order valence-corrected chi connectivity index (χ1v) is 5.99. The van der Waals surface area contributed by atoms with E-state index in [9.17, 15) is 4.79 Å². The van der Waals surface area contributed by atoms with Gasteiger partial charge in [-0.3, -0.25) is 0 Å². The zero-order valence-electron chi connectivity index (χ0n) is 10.3. The summed E-state index contributed by atoms with van der Waals surface area (Å²) in [6.07, 6.45) is 8.77. The Kier molecular flexibility index (Phi) is 6.86. The molecule has 84 valence electrons. The monoisotopic (exact) mass is 198 g/mol. The Balaban J connectivity index is 0.000000364. The Morgan fingerprint density at radius 1 is 1.36 bits per heavy atom. The van der Waals surface area contributed by atoms with E-state index in [4.69, 9.17) is 0 Å². The molecule has 0 radical (unpaired) electrons. The van der Waals surface area contributed by atoms with E-state index in [-0.39, 0.29) is 0 Å². The van der Waals surface area contributed by atoms with E-state index in [0.717, 1.165) is 12.2 Å². The maximum Gasteiger partial charge on any atom is 0.119 e. The topological polar surface area (TPSA) is 17.1 Å². The molecule has 0 heterocycles. The van der Waals surface area contributed by atoms with Crippen molar-refractivity contribution in [2.45, 2.75) is 66.2 Å². The van der Waals surface area contributed by atoms with Crippen LogP contribution in [0.2, 0.25) is 0 Å². The van der Waals surface area contributed by atoms with Gasteiger partial charge in [-0.15, -0.1) is 0 Å². The van der Waals surface area contributed by atoms with E-state index in [1.807, 2.05) is 6.92 Å². The number of rotatable bonds is 2. The van der Waals surface area contributed by atoms with E-state index in [0.29, 0.717) is 11.8 Å². The van der Waals surface area contributed by atoms with Crippen LogP contribution >= 0.6 is 0 Å². The van der Waals surface area contributed by atoms with Crippen molar-refractivity contribution < 1.29 is 4.79 Å². The number of carbonyl (C=O) groups excluding carboxylic acids is 1. The molecule has 0 amide bonds. The predicted octanol–water partition coefficient (Wildman–Crippen LogP) is 4.21. The molecule has 1 unspecified atom stereocenters. The van der Waals surface area contributed by atoms with Crippen molar-refractivity contribution in [2.75, 3.05) is 0 Å². The predicted molar refractivity (Wildman–Crippen MR) is 62.4 cm³/mol. The standard InChI is InChI=1S/C10H20.C3H6O/c1-4-9-6-5-7-10(2,3)8-9;1-2-3-4/h9H,4-8H2,1-3H3;3H,2H2,1H3. The van der Waals surface area contributed by atoms with Crippen LogP contribution in [0, 0.1) is 11.3 Å². The second-order valence-electron chi connectivity index (χ2n) is 5.11. The van der Waals surface area contributed by atoms with Gasteiger partial charge in [-0.2, -0.15) is 0 Å². The zero-order chi connectivity index (χ0) is 11.0. The molecule has 0 aromatic rings. The number of carbonyl (C=O) groups is 1. The van der Waals surface area contributed by atoms with Gasteiger partial charge in [-0.05, 0) is 24.2 Å². The quantitative estimate of drug-likeness (QED) is 0.607. The van der Waals surface area contributed by atoms with Crippen LogP contribution in [0.1, 0.15) is 66.2 Å². The van der Waals surface area contributed by atoms with Crippen LogP contribution in [0.5, 0.6) is 0 Å². The van der Waals surface area contributed by atoms with Crippen molar-refractivity contribution >= 4 is 6.29 Å². The van der Waals surface area contributed by atoms with Gasteiger partial charge in [0.1, 0.15) is 6.29 Å². The highest BCUT2D eigenvalue weighted by molar-refractivity contribution is 5.48. The fourth-order valence-corrected chi connectivity index (χ4v) is 2.20. The van der Waals surface area contributed by atoms with Crippen LogP contribution < -0.4 is 0 Å². The van der Waals surface area contributed by atoms with Crippen LogP contribution in [-0.4, -0.2) is 6.29 Å². The lowest BCUT2D eigenvalue weighted by Gasteiger charge is -2.34. The number of hydrogen-bond donors (Lipinski definition) is 0. The molecule has 0 bridgehead atoms. The van der Waals surface area contributed by atoms with Crippen molar-refractivity contribution in [3.05, 3.63) is 0 Å². The fraction of sp³-hybridized carbons (Fsp3) is 0.923. The van der Waals surface area contributed by atoms with Crippen molar-refractivity contribution in [1.82, 2.24) is 0 Å². The van der Waals surface area contributed by atoms with E-state index in [2.05, 4.69) is 20.8 Å². The lowest BCUT2D eigenvalue weighted by Crippen LogP contribution is -2.21. The van der Waals surface area contributed by atoms with Crippen molar-refractivity contribution in [2.24, 2.45) is 11.3 Å². The Labute approximate surface area is 89.3 Å². The summed E-state index contributed by atoms with van der Waals surface area (Å²) in [5, 5.41) is 0. The largest absolute Gasteiger partial charge is 0.303 e. The third-order valence-corrected chi connectivity index (χ3v) is 3.05.